The van der Waals surface area contributed by atoms with Crippen LogP contribution in [0.3, 0.4) is 0 Å². The molecule has 1 aromatic rings. The standard InChI is InChI=1S/C19H24N2O4/c1-2-25-19(24)15-5-3-11-20(13-15)18(23)14-7-9-16(10-8-14)21-12-4-6-17(21)22/h7-10,15H,2-6,11-13H2,1H3/t15-/m0/s1. The van der Waals surface area contributed by atoms with E-state index in [1.807, 2.05) is 12.1 Å². The van der Waals surface area contributed by atoms with Crippen LogP contribution in [0.25, 0.3) is 0 Å². The Bertz CT molecular complexity index is 656. The van der Waals surface area contributed by atoms with Gasteiger partial charge in [-0.2, -0.15) is 0 Å². The lowest BCUT2D eigenvalue weighted by Crippen LogP contribution is -2.42. The van der Waals surface area contributed by atoms with E-state index >= 15 is 0 Å². The van der Waals surface area contributed by atoms with E-state index < -0.39 is 0 Å². The number of carbonyl (C=O) groups excluding carboxylic acids is 3. The van der Waals surface area contributed by atoms with Crippen molar-refractivity contribution in [2.45, 2.75) is 32.6 Å². The number of carbonyl (C=O) groups is 3. The molecule has 3 rings (SSSR count). The predicted molar refractivity (Wildman–Crippen MR) is 93.3 cm³/mol. The van der Waals surface area contributed by atoms with Gasteiger partial charge in [-0.25, -0.2) is 0 Å². The summed E-state index contributed by atoms with van der Waals surface area (Å²) in [6.45, 7) is 3.95. The monoisotopic (exact) mass is 344 g/mol. The minimum absolute atomic E-state index is 0.0757. The van der Waals surface area contributed by atoms with Crippen molar-refractivity contribution in [3.05, 3.63) is 29.8 Å². The normalized spacial score (nSPS) is 20.7. The quantitative estimate of drug-likeness (QED) is 0.786. The third-order valence-corrected chi connectivity index (χ3v) is 4.83. The molecule has 0 radical (unpaired) electrons. The molecule has 2 amide bonds. The maximum Gasteiger partial charge on any atom is 0.310 e. The first-order valence-electron chi connectivity index (χ1n) is 8.96. The van der Waals surface area contributed by atoms with Crippen molar-refractivity contribution < 1.29 is 19.1 Å². The van der Waals surface area contributed by atoms with Crippen LogP contribution in [0.1, 0.15) is 43.0 Å². The summed E-state index contributed by atoms with van der Waals surface area (Å²) in [6, 6.07) is 7.17. The first-order valence-corrected chi connectivity index (χ1v) is 8.96. The van der Waals surface area contributed by atoms with E-state index in [4.69, 9.17) is 4.74 Å². The summed E-state index contributed by atoms with van der Waals surface area (Å²) >= 11 is 0. The van der Waals surface area contributed by atoms with E-state index in [1.165, 1.54) is 0 Å². The Morgan fingerprint density at radius 3 is 2.56 bits per heavy atom. The number of ether oxygens (including phenoxy) is 1. The molecule has 0 N–H and O–H groups in total. The smallest absolute Gasteiger partial charge is 0.310 e. The number of hydrogen-bond donors (Lipinski definition) is 0. The number of nitrogens with zero attached hydrogens (tertiary/aromatic N) is 2. The van der Waals surface area contributed by atoms with Crippen molar-refractivity contribution in [1.82, 2.24) is 4.90 Å². The number of anilines is 1. The maximum absolute atomic E-state index is 12.7. The number of rotatable bonds is 4. The molecule has 2 aliphatic rings. The molecule has 0 unspecified atom stereocenters. The van der Waals surface area contributed by atoms with Crippen LogP contribution in [0.2, 0.25) is 0 Å². The molecule has 6 heteroatoms. The molecule has 0 bridgehead atoms. The van der Waals surface area contributed by atoms with Crippen LogP contribution in [0.4, 0.5) is 5.69 Å². The van der Waals surface area contributed by atoms with Gasteiger partial charge in [0.2, 0.25) is 5.91 Å². The van der Waals surface area contributed by atoms with Gasteiger partial charge in [0, 0.05) is 37.3 Å². The molecule has 25 heavy (non-hydrogen) atoms. The minimum atomic E-state index is -0.237. The molecule has 2 aliphatic heterocycles. The van der Waals surface area contributed by atoms with Gasteiger partial charge in [0.15, 0.2) is 0 Å². The first-order chi connectivity index (χ1) is 12.1. The lowest BCUT2D eigenvalue weighted by molar-refractivity contribution is -0.149. The van der Waals surface area contributed by atoms with Crippen molar-refractivity contribution in [1.29, 1.82) is 0 Å². The second kappa shape index (κ2) is 7.68. The highest BCUT2D eigenvalue weighted by Gasteiger charge is 2.30. The Morgan fingerprint density at radius 2 is 1.92 bits per heavy atom. The van der Waals surface area contributed by atoms with Gasteiger partial charge in [0.25, 0.3) is 5.91 Å². The number of hydrogen-bond acceptors (Lipinski definition) is 4. The Balaban J connectivity index is 1.66. The Kier molecular flexibility index (Phi) is 5.36. The van der Waals surface area contributed by atoms with Gasteiger partial charge in [-0.05, 0) is 50.5 Å². The van der Waals surface area contributed by atoms with Gasteiger partial charge in [-0.1, -0.05) is 0 Å². The largest absolute Gasteiger partial charge is 0.466 e. The molecule has 2 heterocycles. The number of amides is 2. The second-order valence-corrected chi connectivity index (χ2v) is 6.54. The summed E-state index contributed by atoms with van der Waals surface area (Å²) < 4.78 is 5.08. The summed E-state index contributed by atoms with van der Waals surface area (Å²) in [4.78, 5) is 39.9. The summed E-state index contributed by atoms with van der Waals surface area (Å²) in [5.74, 6) is -0.400. The van der Waals surface area contributed by atoms with Gasteiger partial charge in [-0.15, -0.1) is 0 Å². The number of benzene rings is 1. The van der Waals surface area contributed by atoms with Gasteiger partial charge >= 0.3 is 5.97 Å². The van der Waals surface area contributed by atoms with E-state index in [0.29, 0.717) is 31.7 Å². The molecule has 6 nitrogen and oxygen atoms in total. The zero-order valence-electron chi connectivity index (χ0n) is 14.6. The van der Waals surface area contributed by atoms with Crippen LogP contribution in [0.15, 0.2) is 24.3 Å². The van der Waals surface area contributed by atoms with Crippen LogP contribution >= 0.6 is 0 Å². The minimum Gasteiger partial charge on any atom is -0.466 e. The molecule has 0 saturated carbocycles. The average molecular weight is 344 g/mol. The lowest BCUT2D eigenvalue weighted by atomic mass is 9.97. The molecule has 134 valence electrons. The number of esters is 1. The predicted octanol–water partition coefficient (Wildman–Crippen LogP) is 2.23. The van der Waals surface area contributed by atoms with E-state index in [9.17, 15) is 14.4 Å². The number of likely N-dealkylation sites (tertiary alicyclic amines) is 1. The molecule has 2 fully saturated rings. The summed E-state index contributed by atoms with van der Waals surface area (Å²) in [5, 5.41) is 0. The fourth-order valence-corrected chi connectivity index (χ4v) is 3.50. The van der Waals surface area contributed by atoms with Gasteiger partial charge in [0.1, 0.15) is 0 Å². The highest BCUT2D eigenvalue weighted by Crippen LogP contribution is 2.24. The number of piperidine rings is 1. The lowest BCUT2D eigenvalue weighted by Gasteiger charge is -2.31. The summed E-state index contributed by atoms with van der Waals surface area (Å²) in [5.41, 5.74) is 1.42. The van der Waals surface area contributed by atoms with Crippen molar-refractivity contribution in [3.8, 4) is 0 Å². The van der Waals surface area contributed by atoms with Crippen LogP contribution in [-0.2, 0) is 14.3 Å². The molecule has 1 aromatic carbocycles. The van der Waals surface area contributed by atoms with Crippen LogP contribution in [-0.4, -0.2) is 48.9 Å². The SMILES string of the molecule is CCOC(=O)[C@H]1CCCN(C(=O)c2ccc(N3CCCC3=O)cc2)C1. The van der Waals surface area contributed by atoms with E-state index in [2.05, 4.69) is 0 Å². The van der Waals surface area contributed by atoms with E-state index in [0.717, 1.165) is 31.5 Å². The zero-order chi connectivity index (χ0) is 17.8. The molecular formula is C19H24N2O4. The van der Waals surface area contributed by atoms with Crippen LogP contribution in [0.5, 0.6) is 0 Å². The molecule has 1 atom stereocenters. The second-order valence-electron chi connectivity index (χ2n) is 6.54. The summed E-state index contributed by atoms with van der Waals surface area (Å²) in [7, 11) is 0. The van der Waals surface area contributed by atoms with Gasteiger partial charge < -0.3 is 14.5 Å². The van der Waals surface area contributed by atoms with E-state index in [1.54, 1.807) is 28.9 Å². The molecule has 0 aliphatic carbocycles. The third kappa shape index (κ3) is 3.83. The third-order valence-electron chi connectivity index (χ3n) is 4.83. The zero-order valence-corrected chi connectivity index (χ0v) is 14.6. The van der Waals surface area contributed by atoms with E-state index in [-0.39, 0.29) is 23.7 Å². The topological polar surface area (TPSA) is 66.9 Å². The fraction of sp³-hybridized carbons (Fsp3) is 0.526. The van der Waals surface area contributed by atoms with Gasteiger partial charge in [0.05, 0.1) is 12.5 Å². The fourth-order valence-electron chi connectivity index (χ4n) is 3.50. The Morgan fingerprint density at radius 1 is 1.16 bits per heavy atom. The molecule has 0 spiro atoms. The molecule has 2 saturated heterocycles. The highest BCUT2D eigenvalue weighted by atomic mass is 16.5. The summed E-state index contributed by atoms with van der Waals surface area (Å²) in [6.07, 6.45) is 3.03. The Hall–Kier alpha value is -2.37. The average Bonchev–Trinajstić information content (AvgIpc) is 3.07. The first kappa shape index (κ1) is 17.5. The highest BCUT2D eigenvalue weighted by molar-refractivity contribution is 5.97. The molecular weight excluding hydrogens is 320 g/mol. The van der Waals surface area contributed by atoms with Crippen molar-refractivity contribution in [2.24, 2.45) is 5.92 Å². The van der Waals surface area contributed by atoms with Crippen molar-refractivity contribution >= 4 is 23.5 Å². The maximum atomic E-state index is 12.7. The molecule has 0 aromatic heterocycles. The van der Waals surface area contributed by atoms with Crippen molar-refractivity contribution in [2.75, 3.05) is 31.1 Å². The van der Waals surface area contributed by atoms with Crippen molar-refractivity contribution in [3.63, 3.8) is 0 Å². The van der Waals surface area contributed by atoms with Crippen LogP contribution in [0, 0.1) is 5.92 Å². The Labute approximate surface area is 147 Å². The van der Waals surface area contributed by atoms with Gasteiger partial charge in [-0.3, -0.25) is 14.4 Å². The van der Waals surface area contributed by atoms with Crippen LogP contribution < -0.4 is 4.90 Å².